The van der Waals surface area contributed by atoms with Crippen molar-refractivity contribution in [2.45, 2.75) is 18.4 Å². The van der Waals surface area contributed by atoms with E-state index in [2.05, 4.69) is 4.74 Å². The summed E-state index contributed by atoms with van der Waals surface area (Å²) in [4.78, 5) is 0. The zero-order chi connectivity index (χ0) is 9.07. The third-order valence-corrected chi connectivity index (χ3v) is 1.29. The first-order valence-corrected chi connectivity index (χ1v) is 3.22. The highest BCUT2D eigenvalue weighted by atomic mass is 31.0. The topological polar surface area (TPSA) is 9.23 Å². The number of rotatable bonds is 3. The second-order valence-electron chi connectivity index (χ2n) is 1.69. The van der Waals surface area contributed by atoms with Gasteiger partial charge in [-0.05, 0) is 0 Å². The third kappa shape index (κ3) is 5.32. The first-order valence-electron chi connectivity index (χ1n) is 2.56. The van der Waals surface area contributed by atoms with Crippen LogP contribution in [0.2, 0.25) is 0 Å². The maximum atomic E-state index is 11.5. The van der Waals surface area contributed by atoms with Gasteiger partial charge in [0.1, 0.15) is 6.61 Å². The van der Waals surface area contributed by atoms with E-state index in [0.717, 1.165) is 0 Å². The van der Waals surface area contributed by atoms with E-state index in [-0.39, 0.29) is 0 Å². The fourth-order valence-corrected chi connectivity index (χ4v) is 0.382. The molecule has 0 saturated heterocycles. The number of hydrogen-bond acceptors (Lipinski definition) is 1. The number of ether oxygens (including phenoxy) is 1. The van der Waals surface area contributed by atoms with Crippen molar-refractivity contribution in [2.75, 3.05) is 6.61 Å². The Morgan fingerprint density at radius 1 is 1.27 bits per heavy atom. The summed E-state index contributed by atoms with van der Waals surface area (Å²) < 4.78 is 60.8. The Balaban J connectivity index is 3.61. The van der Waals surface area contributed by atoms with Crippen molar-refractivity contribution in [2.24, 2.45) is 0 Å². The van der Waals surface area contributed by atoms with Crippen molar-refractivity contribution >= 4 is 9.24 Å². The van der Waals surface area contributed by atoms with Gasteiger partial charge in [-0.3, -0.25) is 0 Å². The summed E-state index contributed by atoms with van der Waals surface area (Å²) in [5.41, 5.74) is 0. The summed E-state index contributed by atoms with van der Waals surface area (Å²) in [6.45, 7) is -1.20. The Kier molecular flexibility index (Phi) is 4.18. The Labute approximate surface area is 62.1 Å². The van der Waals surface area contributed by atoms with Gasteiger partial charge in [-0.2, -0.15) is 13.2 Å². The van der Waals surface area contributed by atoms with Crippen LogP contribution in [0.15, 0.2) is 0 Å². The lowest BCUT2D eigenvalue weighted by Crippen LogP contribution is -2.27. The first-order chi connectivity index (χ1) is 4.84. The molecule has 0 aromatic carbocycles. The van der Waals surface area contributed by atoms with Crippen LogP contribution in [-0.4, -0.2) is 25.1 Å². The maximum absolute atomic E-state index is 11.5. The number of halogens is 5. The standard InChI is InChI=1S/C4H6F5OP/c5-2(6)1-10-3(11)4(7,8)9/h2-3H,1,11H2. The minimum Gasteiger partial charge on any atom is -0.359 e. The van der Waals surface area contributed by atoms with Crippen molar-refractivity contribution in [1.29, 1.82) is 0 Å². The van der Waals surface area contributed by atoms with E-state index >= 15 is 0 Å². The lowest BCUT2D eigenvalue weighted by molar-refractivity contribution is -0.196. The lowest BCUT2D eigenvalue weighted by Gasteiger charge is -2.15. The van der Waals surface area contributed by atoms with Crippen LogP contribution < -0.4 is 0 Å². The van der Waals surface area contributed by atoms with Crippen LogP contribution in [0.5, 0.6) is 0 Å². The first kappa shape index (κ1) is 11.0. The van der Waals surface area contributed by atoms with Gasteiger partial charge in [0.2, 0.25) is 0 Å². The third-order valence-electron chi connectivity index (χ3n) is 0.724. The highest BCUT2D eigenvalue weighted by molar-refractivity contribution is 7.17. The molecule has 0 N–H and O–H groups in total. The Morgan fingerprint density at radius 3 is 2.00 bits per heavy atom. The molecule has 11 heavy (non-hydrogen) atoms. The summed E-state index contributed by atoms with van der Waals surface area (Å²) >= 11 is 0. The van der Waals surface area contributed by atoms with E-state index in [9.17, 15) is 22.0 Å². The minimum absolute atomic E-state index is 1.20. The van der Waals surface area contributed by atoms with Gasteiger partial charge in [-0.25, -0.2) is 8.78 Å². The molecule has 0 fully saturated rings. The van der Waals surface area contributed by atoms with Gasteiger partial charge >= 0.3 is 6.18 Å². The van der Waals surface area contributed by atoms with Gasteiger partial charge in [0.25, 0.3) is 6.43 Å². The SMILES string of the molecule is FC(F)COC(P)C(F)(F)F. The molecule has 2 atom stereocenters. The van der Waals surface area contributed by atoms with Gasteiger partial charge in [0, 0.05) is 0 Å². The molecule has 0 aliphatic carbocycles. The molecule has 0 aromatic rings. The molecule has 68 valence electrons. The highest BCUT2D eigenvalue weighted by Gasteiger charge is 2.37. The Bertz CT molecular complexity index is 114. The predicted octanol–water partition coefficient (Wildman–Crippen LogP) is 2.03. The van der Waals surface area contributed by atoms with Crippen molar-refractivity contribution < 1.29 is 26.7 Å². The zero-order valence-electron chi connectivity index (χ0n) is 5.24. The predicted molar refractivity (Wildman–Crippen MR) is 31.5 cm³/mol. The molecule has 0 spiro atoms. The van der Waals surface area contributed by atoms with Crippen molar-refractivity contribution in [3.63, 3.8) is 0 Å². The molecule has 0 aromatic heterocycles. The molecule has 0 aliphatic rings. The van der Waals surface area contributed by atoms with Crippen LogP contribution in [0.3, 0.4) is 0 Å². The second-order valence-corrected chi connectivity index (χ2v) is 2.29. The summed E-state index contributed by atoms with van der Waals surface area (Å²) in [6.07, 6.45) is -7.47. The second kappa shape index (κ2) is 4.16. The van der Waals surface area contributed by atoms with Gasteiger partial charge in [-0.1, -0.05) is 9.24 Å². The van der Waals surface area contributed by atoms with E-state index in [1.54, 1.807) is 0 Å². The van der Waals surface area contributed by atoms with Crippen LogP contribution in [0.1, 0.15) is 0 Å². The largest absolute Gasteiger partial charge is 0.418 e. The van der Waals surface area contributed by atoms with E-state index in [0.29, 0.717) is 0 Å². The molecule has 0 aliphatic heterocycles. The number of alkyl halides is 5. The molecule has 0 rings (SSSR count). The molecule has 7 heteroatoms. The summed E-state index contributed by atoms with van der Waals surface area (Å²) in [5.74, 6) is -2.21. The van der Waals surface area contributed by atoms with Crippen molar-refractivity contribution in [3.05, 3.63) is 0 Å². The lowest BCUT2D eigenvalue weighted by atomic mass is 10.7. The Hall–Kier alpha value is 0.0400. The summed E-state index contributed by atoms with van der Waals surface area (Å²) in [7, 11) is 1.29. The quantitative estimate of drug-likeness (QED) is 0.495. The van der Waals surface area contributed by atoms with E-state index < -0.39 is 25.1 Å². The molecule has 2 unspecified atom stereocenters. The monoisotopic (exact) mass is 196 g/mol. The van der Waals surface area contributed by atoms with Gasteiger partial charge in [0.15, 0.2) is 5.85 Å². The molecule has 0 saturated carbocycles. The average molecular weight is 196 g/mol. The molecule has 0 amide bonds. The van der Waals surface area contributed by atoms with E-state index in [1.165, 1.54) is 9.24 Å². The van der Waals surface area contributed by atoms with Crippen LogP contribution in [0, 0.1) is 0 Å². The van der Waals surface area contributed by atoms with Crippen LogP contribution in [0.4, 0.5) is 22.0 Å². The molecule has 1 nitrogen and oxygen atoms in total. The van der Waals surface area contributed by atoms with E-state index in [4.69, 9.17) is 0 Å². The summed E-state index contributed by atoms with van der Waals surface area (Å²) in [5, 5.41) is 0. The molecule has 0 bridgehead atoms. The highest BCUT2D eigenvalue weighted by Crippen LogP contribution is 2.27. The minimum atomic E-state index is -4.60. The van der Waals surface area contributed by atoms with Gasteiger partial charge in [-0.15, -0.1) is 0 Å². The van der Waals surface area contributed by atoms with Crippen LogP contribution in [0.25, 0.3) is 0 Å². The van der Waals surface area contributed by atoms with E-state index in [1.807, 2.05) is 0 Å². The van der Waals surface area contributed by atoms with Crippen molar-refractivity contribution in [1.82, 2.24) is 0 Å². The fourth-order valence-electron chi connectivity index (χ4n) is 0.271. The van der Waals surface area contributed by atoms with Crippen molar-refractivity contribution in [3.8, 4) is 0 Å². The average Bonchev–Trinajstić information content (AvgIpc) is 1.80. The van der Waals surface area contributed by atoms with Gasteiger partial charge in [0.05, 0.1) is 0 Å². The van der Waals surface area contributed by atoms with Crippen LogP contribution >= 0.6 is 9.24 Å². The maximum Gasteiger partial charge on any atom is 0.418 e. The van der Waals surface area contributed by atoms with Crippen LogP contribution in [-0.2, 0) is 4.74 Å². The Morgan fingerprint density at radius 2 is 1.73 bits per heavy atom. The molecular formula is C4H6F5OP. The van der Waals surface area contributed by atoms with Gasteiger partial charge < -0.3 is 4.74 Å². The number of hydrogen-bond donors (Lipinski definition) is 0. The normalized spacial score (nSPS) is 15.5. The molecular weight excluding hydrogens is 190 g/mol. The fraction of sp³-hybridized carbons (Fsp3) is 1.00. The smallest absolute Gasteiger partial charge is 0.359 e. The zero-order valence-corrected chi connectivity index (χ0v) is 6.39. The summed E-state index contributed by atoms with van der Waals surface area (Å²) in [6, 6.07) is 0. The molecule has 0 radical (unpaired) electrons. The molecule has 0 heterocycles.